The molecule has 0 fully saturated rings. The molecule has 0 amide bonds. The minimum atomic E-state index is 0. The van der Waals surface area contributed by atoms with Gasteiger partial charge in [-0.25, -0.2) is 4.98 Å². The number of anilines is 1. The Labute approximate surface area is 103 Å². The number of hydrogen-bond donors (Lipinski definition) is 2. The normalized spacial score (nSPS) is 9.75. The first kappa shape index (κ1) is 9.98. The SMILES string of the molecule is Nc1nc(Cl)c2[nH]cnc2n1.[Ar]. The fourth-order valence-corrected chi connectivity index (χ4v) is 1.04. The largest absolute Gasteiger partial charge is 0.368 e. The van der Waals surface area contributed by atoms with Crippen molar-refractivity contribution in [1.82, 2.24) is 19.9 Å². The molecule has 2 heterocycles. The van der Waals surface area contributed by atoms with Gasteiger partial charge in [-0.15, -0.1) is 0 Å². The van der Waals surface area contributed by atoms with Crippen LogP contribution in [0.3, 0.4) is 0 Å². The van der Waals surface area contributed by atoms with Gasteiger partial charge >= 0.3 is 0 Å². The Morgan fingerprint density at radius 2 is 2.17 bits per heavy atom. The van der Waals surface area contributed by atoms with Crippen molar-refractivity contribution in [2.24, 2.45) is 0 Å². The fourth-order valence-electron chi connectivity index (χ4n) is 0.814. The maximum atomic E-state index is 5.70. The molecule has 3 N–H and O–H groups in total. The zero-order valence-corrected chi connectivity index (χ0v) is 7.19. The van der Waals surface area contributed by atoms with Gasteiger partial charge in [-0.1, -0.05) is 11.6 Å². The number of nitrogens with one attached hydrogen (secondary N) is 1. The van der Waals surface area contributed by atoms with Crippen LogP contribution in [0.5, 0.6) is 0 Å². The van der Waals surface area contributed by atoms with Crippen LogP contribution in [0.4, 0.5) is 5.95 Å². The molecule has 5 nitrogen and oxygen atoms in total. The predicted molar refractivity (Wildman–Crippen MR) is 41.1 cm³/mol. The number of nitrogens with zero attached hydrogens (tertiary/aromatic N) is 3. The maximum Gasteiger partial charge on any atom is 0.223 e. The number of hydrogen-bond acceptors (Lipinski definition) is 4. The van der Waals surface area contributed by atoms with Gasteiger partial charge in [0.1, 0.15) is 5.52 Å². The standard InChI is InChI=1S/C5H4ClN5.Ar/c6-3-2-4(9-1-8-2)11-5(7)10-3;/h1H,(H3,7,8,9,10,11);. The first-order chi connectivity index (χ1) is 5.27. The molecule has 2 aromatic rings. The van der Waals surface area contributed by atoms with E-state index in [0.717, 1.165) is 0 Å². The van der Waals surface area contributed by atoms with E-state index in [1.54, 1.807) is 0 Å². The number of aromatic amines is 1. The van der Waals surface area contributed by atoms with Gasteiger partial charge in [-0.2, -0.15) is 9.97 Å². The molecule has 0 saturated heterocycles. The number of fused-ring (bicyclic) bond motifs is 1. The van der Waals surface area contributed by atoms with Crippen LogP contribution in [0.2, 0.25) is 5.15 Å². The third-order valence-electron chi connectivity index (χ3n) is 1.26. The summed E-state index contributed by atoms with van der Waals surface area (Å²) in [7, 11) is 0. The number of aromatic nitrogens is 4. The second kappa shape index (κ2) is 3.74. The second-order valence-corrected chi connectivity index (χ2v) is 2.33. The van der Waals surface area contributed by atoms with Crippen LogP contribution in [0.25, 0.3) is 11.2 Å². The smallest absolute Gasteiger partial charge is 0.223 e. The van der Waals surface area contributed by atoms with Gasteiger partial charge in [0, 0.05) is 37.7 Å². The van der Waals surface area contributed by atoms with E-state index >= 15 is 0 Å². The summed E-state index contributed by atoms with van der Waals surface area (Å²) < 4.78 is 0. The van der Waals surface area contributed by atoms with Gasteiger partial charge in [0.15, 0.2) is 10.8 Å². The number of nitrogen functional groups attached to an aromatic ring is 1. The van der Waals surface area contributed by atoms with Gasteiger partial charge < -0.3 is 10.7 Å². The van der Waals surface area contributed by atoms with Crippen molar-refractivity contribution in [3.8, 4) is 0 Å². The van der Waals surface area contributed by atoms with E-state index in [2.05, 4.69) is 19.9 Å². The molecule has 2 rings (SSSR count). The van der Waals surface area contributed by atoms with Crippen LogP contribution < -0.4 is 5.73 Å². The van der Waals surface area contributed by atoms with E-state index in [4.69, 9.17) is 17.3 Å². The zero-order chi connectivity index (χ0) is 7.84. The Morgan fingerprint density at radius 1 is 1.42 bits per heavy atom. The number of nitrogens with two attached hydrogens (primary N) is 1. The van der Waals surface area contributed by atoms with E-state index < -0.39 is 0 Å². The quantitative estimate of drug-likeness (QED) is 0.622. The zero-order valence-electron chi connectivity index (χ0n) is 5.73. The first-order valence-electron chi connectivity index (χ1n) is 2.89. The monoisotopic (exact) mass is 209 g/mol. The Hall–Kier alpha value is -0.100. The van der Waals surface area contributed by atoms with E-state index in [0.29, 0.717) is 16.3 Å². The number of H-pyrrole nitrogens is 1. The molecular weight excluding hydrogens is 205 g/mol. The Morgan fingerprint density at radius 3 is 2.92 bits per heavy atom. The number of imidazole rings is 1. The van der Waals surface area contributed by atoms with Crippen LogP contribution in [-0.4, -0.2) is 19.9 Å². The van der Waals surface area contributed by atoms with Crippen molar-refractivity contribution in [1.29, 1.82) is 0 Å². The topological polar surface area (TPSA) is 80.5 Å². The predicted octanol–water partition coefficient (Wildman–Crippen LogP) is 0.588. The molecule has 0 atom stereocenters. The van der Waals surface area contributed by atoms with Crippen molar-refractivity contribution in [2.45, 2.75) is 0 Å². The van der Waals surface area contributed by atoms with Gasteiger partial charge in [-0.3, -0.25) is 0 Å². The second-order valence-electron chi connectivity index (χ2n) is 1.97. The molecule has 0 unspecified atom stereocenters. The van der Waals surface area contributed by atoms with Gasteiger partial charge in [0.25, 0.3) is 0 Å². The average molecular weight is 210 g/mol. The molecule has 0 aliphatic heterocycles. The molecule has 0 spiro atoms. The summed E-state index contributed by atoms with van der Waals surface area (Å²) in [6.45, 7) is 0. The Bertz CT molecular complexity index is 400. The van der Waals surface area contributed by atoms with Crippen molar-refractivity contribution in [2.75, 3.05) is 5.73 Å². The molecule has 0 bridgehead atoms. The van der Waals surface area contributed by atoms with E-state index in [-0.39, 0.29) is 43.7 Å². The average Bonchev–Trinajstić information content (AvgIpc) is 2.34. The summed E-state index contributed by atoms with van der Waals surface area (Å²) in [5, 5.41) is 0.296. The molecule has 0 radical (unpaired) electrons. The maximum absolute atomic E-state index is 5.70. The molecular formula is C5H4ArClN5. The summed E-state index contributed by atoms with van der Waals surface area (Å²) in [6.07, 6.45) is 1.49. The summed E-state index contributed by atoms with van der Waals surface area (Å²) in [5.41, 5.74) is 6.42. The minimum Gasteiger partial charge on any atom is -0.368 e. The minimum absolute atomic E-state index is 0. The fraction of sp³-hybridized carbons (Fsp3) is 0. The Balaban J connectivity index is 0.000000720. The van der Waals surface area contributed by atoms with E-state index in [9.17, 15) is 0 Å². The van der Waals surface area contributed by atoms with Crippen molar-refractivity contribution in [3.05, 3.63) is 11.5 Å². The van der Waals surface area contributed by atoms with Crippen LogP contribution in [0, 0.1) is 37.7 Å². The molecule has 0 saturated carbocycles. The number of halogens is 1. The van der Waals surface area contributed by atoms with Gasteiger partial charge in [0.2, 0.25) is 5.95 Å². The molecule has 7 heteroatoms. The molecule has 12 heavy (non-hydrogen) atoms. The Kier molecular flexibility index (Phi) is 3.11. The van der Waals surface area contributed by atoms with Crippen molar-refractivity contribution >= 4 is 28.7 Å². The van der Waals surface area contributed by atoms with Gasteiger partial charge in [-0.05, 0) is 0 Å². The van der Waals surface area contributed by atoms with Crippen molar-refractivity contribution < 1.29 is 37.7 Å². The third kappa shape index (κ3) is 1.63. The summed E-state index contributed by atoms with van der Waals surface area (Å²) >= 11 is 5.70. The van der Waals surface area contributed by atoms with Crippen LogP contribution in [0.15, 0.2) is 6.33 Å². The van der Waals surface area contributed by atoms with E-state index in [1.807, 2.05) is 0 Å². The molecule has 2 aromatic heterocycles. The first-order valence-corrected chi connectivity index (χ1v) is 3.27. The molecule has 0 aliphatic carbocycles. The van der Waals surface area contributed by atoms with E-state index in [1.165, 1.54) is 6.33 Å². The summed E-state index contributed by atoms with van der Waals surface area (Å²) in [5.74, 6) is 0.134. The molecule has 0 aliphatic rings. The van der Waals surface area contributed by atoms with Crippen molar-refractivity contribution in [3.63, 3.8) is 0 Å². The third-order valence-corrected chi connectivity index (χ3v) is 1.53. The van der Waals surface area contributed by atoms with Crippen LogP contribution in [-0.2, 0) is 0 Å². The van der Waals surface area contributed by atoms with Crippen LogP contribution >= 0.6 is 11.6 Å². The summed E-state index contributed by atoms with van der Waals surface area (Å²) in [4.78, 5) is 14.2. The number of rotatable bonds is 0. The summed E-state index contributed by atoms with van der Waals surface area (Å²) in [6, 6.07) is 0. The van der Waals surface area contributed by atoms with Crippen LogP contribution in [0.1, 0.15) is 0 Å². The molecule has 0 aromatic carbocycles. The van der Waals surface area contributed by atoms with Gasteiger partial charge in [0.05, 0.1) is 6.33 Å². The molecule has 64 valence electrons.